The first kappa shape index (κ1) is 27.6. The number of amides is 2. The van der Waals surface area contributed by atoms with E-state index >= 15 is 0 Å². The van der Waals surface area contributed by atoms with E-state index in [1.807, 2.05) is 0 Å². The molecule has 4 fully saturated rings. The minimum Gasteiger partial charge on any atom is -0.369 e. The Labute approximate surface area is 225 Å². The fraction of sp³-hybridized carbons (Fsp3) is 0.500. The fourth-order valence-electron chi connectivity index (χ4n) is 7.26. The topological polar surface area (TPSA) is 118 Å². The number of benzene rings is 2. The van der Waals surface area contributed by atoms with Gasteiger partial charge in [-0.1, -0.05) is 6.07 Å². The zero-order valence-electron chi connectivity index (χ0n) is 21.8. The van der Waals surface area contributed by atoms with Crippen molar-refractivity contribution in [1.29, 1.82) is 0 Å². The van der Waals surface area contributed by atoms with Crippen molar-refractivity contribution in [1.82, 2.24) is 10.0 Å². The van der Waals surface area contributed by atoms with E-state index in [0.29, 0.717) is 24.8 Å². The van der Waals surface area contributed by atoms with E-state index in [1.165, 1.54) is 19.9 Å². The number of halogens is 3. The molecule has 6 rings (SSSR count). The van der Waals surface area contributed by atoms with Crippen LogP contribution in [0.1, 0.15) is 52.4 Å². The minimum absolute atomic E-state index is 0.0522. The van der Waals surface area contributed by atoms with Gasteiger partial charge in [0.15, 0.2) is 0 Å². The largest absolute Gasteiger partial charge is 0.369 e. The maximum atomic E-state index is 14.9. The van der Waals surface area contributed by atoms with Gasteiger partial charge in [0.2, 0.25) is 21.8 Å². The summed E-state index contributed by atoms with van der Waals surface area (Å²) in [5.74, 6) is -2.64. The lowest BCUT2D eigenvalue weighted by molar-refractivity contribution is -0.147. The van der Waals surface area contributed by atoms with Crippen LogP contribution in [-0.2, 0) is 19.6 Å². The molecule has 0 saturated heterocycles. The molecule has 2 aromatic rings. The van der Waals surface area contributed by atoms with Crippen molar-refractivity contribution in [2.75, 3.05) is 0 Å². The predicted molar refractivity (Wildman–Crippen MR) is 138 cm³/mol. The van der Waals surface area contributed by atoms with Gasteiger partial charge in [-0.3, -0.25) is 9.59 Å². The lowest BCUT2D eigenvalue weighted by atomic mass is 9.47. The van der Waals surface area contributed by atoms with Crippen LogP contribution < -0.4 is 15.8 Å². The van der Waals surface area contributed by atoms with E-state index in [9.17, 15) is 31.2 Å². The molecule has 4 saturated carbocycles. The molecule has 2 atom stereocenters. The fourth-order valence-corrected chi connectivity index (χ4v) is 8.74. The van der Waals surface area contributed by atoms with Gasteiger partial charge in [-0.2, -0.15) is 0 Å². The summed E-state index contributed by atoms with van der Waals surface area (Å²) < 4.78 is 70.8. The van der Waals surface area contributed by atoms with Crippen LogP contribution in [0.25, 0.3) is 11.1 Å². The van der Waals surface area contributed by atoms with Gasteiger partial charge in [0.05, 0.1) is 0 Å². The Bertz CT molecular complexity index is 1430. The molecule has 11 heteroatoms. The zero-order chi connectivity index (χ0) is 28.3. The molecular weight excluding hydrogens is 531 g/mol. The van der Waals surface area contributed by atoms with Gasteiger partial charge in [-0.15, -0.1) is 0 Å². The van der Waals surface area contributed by atoms with Crippen LogP contribution in [0.3, 0.4) is 0 Å². The number of nitrogens with two attached hydrogens (primary N) is 1. The smallest absolute Gasteiger partial charge is 0.243 e. The number of carbonyl (C=O) groups excluding carboxylic acids is 2. The highest BCUT2D eigenvalue weighted by Crippen LogP contribution is 2.59. The van der Waals surface area contributed by atoms with Crippen LogP contribution in [0.4, 0.5) is 13.2 Å². The average molecular weight is 564 g/mol. The van der Waals surface area contributed by atoms with Gasteiger partial charge in [0, 0.05) is 35.0 Å². The summed E-state index contributed by atoms with van der Waals surface area (Å²) >= 11 is 0. The summed E-state index contributed by atoms with van der Waals surface area (Å²) in [7, 11) is -4.39. The predicted octanol–water partition coefficient (Wildman–Crippen LogP) is 4.01. The van der Waals surface area contributed by atoms with Crippen molar-refractivity contribution in [2.24, 2.45) is 28.9 Å². The van der Waals surface area contributed by atoms with E-state index in [0.717, 1.165) is 43.5 Å². The van der Waals surface area contributed by atoms with Gasteiger partial charge in [0.25, 0.3) is 0 Å². The summed E-state index contributed by atoms with van der Waals surface area (Å²) in [4.78, 5) is 24.6. The summed E-state index contributed by atoms with van der Waals surface area (Å²) in [5.41, 5.74) is 3.99. The van der Waals surface area contributed by atoms with Crippen LogP contribution in [0, 0.1) is 40.6 Å². The second kappa shape index (κ2) is 9.62. The monoisotopic (exact) mass is 563 g/mol. The Morgan fingerprint density at radius 2 is 1.67 bits per heavy atom. The minimum atomic E-state index is -4.39. The standard InChI is InChI=1S/C28H32F3N3O4S/c1-27(2,14-24(35)33-25-17-7-15-8-18(25)13-28(11-15,12-17)26(32)36)34-39(37,38)23-6-3-16(9-22(23)31)20-5-4-19(29)10-21(20)30/h3-6,9-10,15,17-18,25,34H,7-8,11-14H2,1-2H3,(H2,32,36)(H,33,35). The van der Waals surface area contributed by atoms with Gasteiger partial charge in [-0.25, -0.2) is 26.3 Å². The Hall–Kier alpha value is -2.92. The molecule has 4 N–H and O–H groups in total. The molecule has 2 aromatic carbocycles. The highest BCUT2D eigenvalue weighted by Gasteiger charge is 2.58. The lowest BCUT2D eigenvalue weighted by Gasteiger charge is -2.58. The molecule has 4 aliphatic carbocycles. The normalized spacial score (nSPS) is 27.9. The Balaban J connectivity index is 1.25. The maximum Gasteiger partial charge on any atom is 0.243 e. The molecule has 4 bridgehead atoms. The number of hydrogen-bond acceptors (Lipinski definition) is 4. The maximum absolute atomic E-state index is 14.9. The van der Waals surface area contributed by atoms with E-state index in [2.05, 4.69) is 10.0 Å². The summed E-state index contributed by atoms with van der Waals surface area (Å²) in [6.45, 7) is 3.06. The SMILES string of the molecule is CC(C)(CC(=O)NC1C2CC3CC1CC(C(N)=O)(C3)C2)NS(=O)(=O)c1ccc(-c2ccc(F)cc2F)cc1F. The number of primary amides is 1. The van der Waals surface area contributed by atoms with Crippen molar-refractivity contribution in [2.45, 2.75) is 68.8 Å². The molecule has 0 aliphatic heterocycles. The number of carbonyl (C=O) groups is 2. The quantitative estimate of drug-likeness (QED) is 0.450. The molecule has 4 aliphatic rings. The van der Waals surface area contributed by atoms with Gasteiger partial charge >= 0.3 is 0 Å². The van der Waals surface area contributed by atoms with Crippen LogP contribution >= 0.6 is 0 Å². The highest BCUT2D eigenvalue weighted by atomic mass is 32.2. The van der Waals surface area contributed by atoms with E-state index in [1.54, 1.807) is 0 Å². The van der Waals surface area contributed by atoms with E-state index < -0.39 is 43.3 Å². The summed E-state index contributed by atoms with van der Waals surface area (Å²) in [6.07, 6.45) is 3.82. The number of sulfonamides is 1. The Kier molecular flexibility index (Phi) is 6.82. The summed E-state index contributed by atoms with van der Waals surface area (Å²) in [5, 5.41) is 3.08. The van der Waals surface area contributed by atoms with E-state index in [-0.39, 0.29) is 47.2 Å². The molecular formula is C28H32F3N3O4S. The second-order valence-corrected chi connectivity index (χ2v) is 13.8. The molecule has 0 aromatic heterocycles. The molecule has 2 unspecified atom stereocenters. The Morgan fingerprint density at radius 3 is 2.26 bits per heavy atom. The lowest BCUT2D eigenvalue weighted by Crippen LogP contribution is -2.62. The first-order valence-electron chi connectivity index (χ1n) is 13.1. The third-order valence-corrected chi connectivity index (χ3v) is 10.3. The zero-order valence-corrected chi connectivity index (χ0v) is 22.6. The molecule has 2 amide bonds. The number of nitrogens with one attached hydrogen (secondary N) is 2. The van der Waals surface area contributed by atoms with Crippen molar-refractivity contribution in [3.05, 3.63) is 53.8 Å². The average Bonchev–Trinajstić information content (AvgIpc) is 2.79. The first-order valence-corrected chi connectivity index (χ1v) is 14.5. The number of hydrogen-bond donors (Lipinski definition) is 3. The third-order valence-electron chi connectivity index (χ3n) is 8.60. The Morgan fingerprint density at radius 1 is 1.00 bits per heavy atom. The molecule has 7 nitrogen and oxygen atoms in total. The first-order chi connectivity index (χ1) is 18.2. The molecule has 0 heterocycles. The van der Waals surface area contributed by atoms with Crippen molar-refractivity contribution in [3.63, 3.8) is 0 Å². The van der Waals surface area contributed by atoms with Crippen LogP contribution in [0.5, 0.6) is 0 Å². The van der Waals surface area contributed by atoms with Gasteiger partial charge < -0.3 is 11.1 Å². The second-order valence-electron chi connectivity index (χ2n) is 12.1. The van der Waals surface area contributed by atoms with Gasteiger partial charge in [-0.05, 0) is 93.5 Å². The molecule has 210 valence electrons. The van der Waals surface area contributed by atoms with Crippen molar-refractivity contribution >= 4 is 21.8 Å². The third kappa shape index (κ3) is 5.30. The van der Waals surface area contributed by atoms with Crippen molar-refractivity contribution < 1.29 is 31.2 Å². The summed E-state index contributed by atoms with van der Waals surface area (Å²) in [6, 6.07) is 5.85. The van der Waals surface area contributed by atoms with Crippen LogP contribution in [-0.4, -0.2) is 31.8 Å². The highest BCUT2D eigenvalue weighted by molar-refractivity contribution is 7.89. The molecule has 0 spiro atoms. The number of rotatable bonds is 8. The molecule has 0 radical (unpaired) electrons. The van der Waals surface area contributed by atoms with Crippen LogP contribution in [0.2, 0.25) is 0 Å². The molecule has 39 heavy (non-hydrogen) atoms. The van der Waals surface area contributed by atoms with Gasteiger partial charge in [0.1, 0.15) is 22.3 Å². The van der Waals surface area contributed by atoms with Crippen molar-refractivity contribution in [3.8, 4) is 11.1 Å². The van der Waals surface area contributed by atoms with Crippen LogP contribution in [0.15, 0.2) is 41.3 Å². The van der Waals surface area contributed by atoms with E-state index in [4.69, 9.17) is 5.73 Å².